The maximum Gasteiger partial charge on any atom is 0.409 e. The van der Waals surface area contributed by atoms with Crippen molar-refractivity contribution in [1.29, 1.82) is 0 Å². The Morgan fingerprint density at radius 3 is 2.68 bits per heavy atom. The molecule has 7 heteroatoms. The number of pyridine rings is 1. The van der Waals surface area contributed by atoms with Gasteiger partial charge in [-0.1, -0.05) is 6.07 Å². The molecule has 0 radical (unpaired) electrons. The zero-order valence-corrected chi connectivity index (χ0v) is 9.97. The molecule has 0 fully saturated rings. The normalized spacial score (nSPS) is 10.2. The molecule has 2 rings (SSSR count). The van der Waals surface area contributed by atoms with E-state index in [1.807, 2.05) is 0 Å². The molecule has 0 aliphatic heterocycles. The third kappa shape index (κ3) is 2.45. The third-order valence-corrected chi connectivity index (χ3v) is 2.71. The van der Waals surface area contributed by atoms with E-state index in [1.165, 1.54) is 11.7 Å². The van der Waals surface area contributed by atoms with Gasteiger partial charge in [0.2, 0.25) is 0 Å². The highest BCUT2D eigenvalue weighted by molar-refractivity contribution is 5.98. The molecule has 2 aromatic rings. The summed E-state index contributed by atoms with van der Waals surface area (Å²) in [6.45, 7) is 1.73. The second-order valence-electron chi connectivity index (χ2n) is 3.90. The monoisotopic (exact) mass is 261 g/mol. The number of hydrogen-bond acceptors (Lipinski definition) is 4. The first-order chi connectivity index (χ1) is 9.02. The predicted octanol–water partition coefficient (Wildman–Crippen LogP) is 1.75. The van der Waals surface area contributed by atoms with Crippen molar-refractivity contribution in [2.24, 2.45) is 0 Å². The van der Waals surface area contributed by atoms with E-state index in [0.29, 0.717) is 22.2 Å². The lowest BCUT2D eigenvalue weighted by molar-refractivity contribution is 0.0706. The van der Waals surface area contributed by atoms with Crippen molar-refractivity contribution in [2.45, 2.75) is 6.92 Å². The van der Waals surface area contributed by atoms with Crippen LogP contribution in [0.5, 0.6) is 0 Å². The van der Waals surface area contributed by atoms with Crippen LogP contribution < -0.4 is 10.8 Å². The minimum absolute atomic E-state index is 0.216. The molecule has 19 heavy (non-hydrogen) atoms. The Kier molecular flexibility index (Phi) is 3.30. The van der Waals surface area contributed by atoms with Crippen molar-refractivity contribution >= 4 is 28.6 Å². The summed E-state index contributed by atoms with van der Waals surface area (Å²) in [5, 5.41) is 20.2. The van der Waals surface area contributed by atoms with Gasteiger partial charge in [-0.25, -0.2) is 10.3 Å². The van der Waals surface area contributed by atoms with Gasteiger partial charge in [-0.3, -0.25) is 20.3 Å². The van der Waals surface area contributed by atoms with Crippen LogP contribution in [0.15, 0.2) is 24.4 Å². The van der Waals surface area contributed by atoms with Crippen LogP contribution in [0.4, 0.5) is 10.5 Å². The third-order valence-electron chi connectivity index (χ3n) is 2.71. The first kappa shape index (κ1) is 12.8. The van der Waals surface area contributed by atoms with E-state index in [9.17, 15) is 9.59 Å². The van der Waals surface area contributed by atoms with Crippen LogP contribution in [0.3, 0.4) is 0 Å². The molecule has 0 atom stereocenters. The summed E-state index contributed by atoms with van der Waals surface area (Å²) < 4.78 is 0. The van der Waals surface area contributed by atoms with E-state index in [1.54, 1.807) is 25.1 Å². The fourth-order valence-electron chi connectivity index (χ4n) is 1.79. The fraction of sp³-hybridized carbons (Fsp3) is 0.0833. The van der Waals surface area contributed by atoms with Gasteiger partial charge in [-0.05, 0) is 24.6 Å². The van der Waals surface area contributed by atoms with Gasteiger partial charge in [0.15, 0.2) is 0 Å². The van der Waals surface area contributed by atoms with Gasteiger partial charge in [0.05, 0.1) is 11.1 Å². The molecule has 0 aliphatic rings. The first-order valence-electron chi connectivity index (χ1n) is 5.36. The van der Waals surface area contributed by atoms with Crippen molar-refractivity contribution in [3.63, 3.8) is 0 Å². The molecule has 1 heterocycles. The molecule has 0 saturated carbocycles. The Hall–Kier alpha value is -2.67. The molecule has 98 valence electrons. The minimum Gasteiger partial charge on any atom is -0.465 e. The predicted molar refractivity (Wildman–Crippen MR) is 67.4 cm³/mol. The number of nitrogens with one attached hydrogen (secondary N) is 2. The van der Waals surface area contributed by atoms with Crippen molar-refractivity contribution in [2.75, 3.05) is 5.32 Å². The summed E-state index contributed by atoms with van der Waals surface area (Å²) in [5.41, 5.74) is 3.43. The van der Waals surface area contributed by atoms with E-state index in [0.717, 1.165) is 0 Å². The second kappa shape index (κ2) is 4.91. The van der Waals surface area contributed by atoms with Gasteiger partial charge in [-0.15, -0.1) is 0 Å². The summed E-state index contributed by atoms with van der Waals surface area (Å²) in [4.78, 5) is 26.0. The molecule has 2 amide bonds. The number of hydroxylamine groups is 1. The first-order valence-corrected chi connectivity index (χ1v) is 5.36. The highest BCUT2D eigenvalue weighted by atomic mass is 16.5. The lowest BCUT2D eigenvalue weighted by Gasteiger charge is -2.09. The van der Waals surface area contributed by atoms with E-state index in [-0.39, 0.29) is 5.56 Å². The number of carbonyl (C=O) groups excluding carboxylic acids is 1. The highest BCUT2D eigenvalue weighted by Crippen LogP contribution is 2.24. The Morgan fingerprint density at radius 2 is 2.05 bits per heavy atom. The summed E-state index contributed by atoms with van der Waals surface area (Å²) in [7, 11) is 0. The minimum atomic E-state index is -1.15. The SMILES string of the molecule is Cc1c(NC(=O)O)ccc2cc(C(=O)NO)cnc12. The number of anilines is 1. The zero-order valence-electron chi connectivity index (χ0n) is 9.97. The second-order valence-corrected chi connectivity index (χ2v) is 3.90. The van der Waals surface area contributed by atoms with Crippen molar-refractivity contribution in [3.05, 3.63) is 35.5 Å². The number of rotatable bonds is 2. The number of carboxylic acid groups (broad SMARTS) is 1. The number of carbonyl (C=O) groups is 2. The van der Waals surface area contributed by atoms with Crippen LogP contribution in [0.2, 0.25) is 0 Å². The van der Waals surface area contributed by atoms with Crippen LogP contribution in [0.25, 0.3) is 10.9 Å². The smallest absolute Gasteiger partial charge is 0.409 e. The number of amides is 2. The van der Waals surface area contributed by atoms with Gasteiger partial charge in [0, 0.05) is 17.3 Å². The molecule has 1 aromatic carbocycles. The van der Waals surface area contributed by atoms with Gasteiger partial charge >= 0.3 is 6.09 Å². The maximum atomic E-state index is 11.3. The summed E-state index contributed by atoms with van der Waals surface area (Å²) in [5.74, 6) is -0.653. The van der Waals surface area contributed by atoms with Crippen molar-refractivity contribution < 1.29 is 19.9 Å². The molecule has 0 bridgehead atoms. The lowest BCUT2D eigenvalue weighted by atomic mass is 10.1. The number of hydrogen-bond donors (Lipinski definition) is 4. The number of fused-ring (bicyclic) bond motifs is 1. The molecular weight excluding hydrogens is 250 g/mol. The van der Waals surface area contributed by atoms with Crippen LogP contribution >= 0.6 is 0 Å². The van der Waals surface area contributed by atoms with Gasteiger partial charge in [-0.2, -0.15) is 0 Å². The molecule has 0 aliphatic carbocycles. The van der Waals surface area contributed by atoms with E-state index < -0.39 is 12.0 Å². The Bertz CT molecular complexity index is 669. The van der Waals surface area contributed by atoms with Crippen molar-refractivity contribution in [1.82, 2.24) is 10.5 Å². The Labute approximate surface area is 107 Å². The molecule has 0 spiro atoms. The number of aromatic nitrogens is 1. The van der Waals surface area contributed by atoms with Gasteiger partial charge in [0.1, 0.15) is 0 Å². The average Bonchev–Trinajstić information content (AvgIpc) is 2.40. The quantitative estimate of drug-likeness (QED) is 0.486. The average molecular weight is 261 g/mol. The number of benzene rings is 1. The number of aryl methyl sites for hydroxylation is 1. The van der Waals surface area contributed by atoms with Crippen LogP contribution in [-0.2, 0) is 0 Å². The zero-order chi connectivity index (χ0) is 14.0. The summed E-state index contributed by atoms with van der Waals surface area (Å²) in [6.07, 6.45) is 0.157. The molecule has 0 unspecified atom stereocenters. The van der Waals surface area contributed by atoms with Gasteiger partial charge < -0.3 is 5.11 Å². The standard InChI is InChI=1S/C12H11N3O4/c1-6-9(14-12(17)18)3-2-7-4-8(11(16)15-19)5-13-10(6)7/h2-5,14,19H,1H3,(H,15,16)(H,17,18). The van der Waals surface area contributed by atoms with Crippen molar-refractivity contribution in [3.8, 4) is 0 Å². The molecule has 0 saturated heterocycles. The van der Waals surface area contributed by atoms with Gasteiger partial charge in [0.25, 0.3) is 5.91 Å². The largest absolute Gasteiger partial charge is 0.465 e. The summed E-state index contributed by atoms with van der Waals surface area (Å²) >= 11 is 0. The topological polar surface area (TPSA) is 112 Å². The Morgan fingerprint density at radius 1 is 1.32 bits per heavy atom. The maximum absolute atomic E-state index is 11.3. The van der Waals surface area contributed by atoms with E-state index in [2.05, 4.69) is 10.3 Å². The van der Waals surface area contributed by atoms with E-state index in [4.69, 9.17) is 10.3 Å². The molecule has 1 aromatic heterocycles. The number of nitrogens with zero attached hydrogens (tertiary/aromatic N) is 1. The fourth-order valence-corrected chi connectivity index (χ4v) is 1.79. The molecule has 7 nitrogen and oxygen atoms in total. The molecular formula is C12H11N3O4. The highest BCUT2D eigenvalue weighted by Gasteiger charge is 2.10. The van der Waals surface area contributed by atoms with Crippen LogP contribution in [0.1, 0.15) is 15.9 Å². The molecule has 4 N–H and O–H groups in total. The summed E-state index contributed by atoms with van der Waals surface area (Å²) in [6, 6.07) is 4.80. The van der Waals surface area contributed by atoms with E-state index >= 15 is 0 Å². The van der Waals surface area contributed by atoms with Crippen LogP contribution in [0, 0.1) is 6.92 Å². The lowest BCUT2D eigenvalue weighted by Crippen LogP contribution is -2.18. The van der Waals surface area contributed by atoms with Crippen LogP contribution in [-0.4, -0.2) is 27.3 Å². The Balaban J connectivity index is 2.53.